The molecule has 2 aromatic rings. The average molecular weight is 274 g/mol. The van der Waals surface area contributed by atoms with Gasteiger partial charge in [-0.05, 0) is 48.5 Å². The molecule has 0 radical (unpaired) electrons. The maximum atomic E-state index is 2.62. The lowest BCUT2D eigenvalue weighted by Gasteiger charge is -2.20. The maximum Gasteiger partial charge on any atom is 0.0346 e. The highest BCUT2D eigenvalue weighted by atomic mass is 32.1. The second-order valence-electron chi connectivity index (χ2n) is 5.32. The number of hydrogen-bond acceptors (Lipinski definition) is 3. The van der Waals surface area contributed by atoms with Gasteiger partial charge in [0.25, 0.3) is 0 Å². The van der Waals surface area contributed by atoms with Gasteiger partial charge in [-0.2, -0.15) is 0 Å². The molecule has 0 saturated carbocycles. The van der Waals surface area contributed by atoms with Crippen molar-refractivity contribution in [2.45, 2.75) is 19.9 Å². The van der Waals surface area contributed by atoms with Crippen molar-refractivity contribution in [2.75, 3.05) is 32.7 Å². The Morgan fingerprint density at radius 3 is 2.74 bits per heavy atom. The normalized spacial score (nSPS) is 18.8. The summed E-state index contributed by atoms with van der Waals surface area (Å²) in [5.74, 6) is 0. The average Bonchev–Trinajstić information content (AvgIpc) is 2.71. The Morgan fingerprint density at radius 1 is 1.05 bits per heavy atom. The first-order chi connectivity index (χ1) is 9.36. The van der Waals surface area contributed by atoms with Gasteiger partial charge in [0.15, 0.2) is 0 Å². The van der Waals surface area contributed by atoms with Crippen LogP contribution in [0, 0.1) is 0 Å². The molecule has 1 fully saturated rings. The number of fused-ring (bicyclic) bond motifs is 1. The van der Waals surface area contributed by atoms with Crippen LogP contribution in [-0.4, -0.2) is 42.5 Å². The van der Waals surface area contributed by atoms with E-state index in [4.69, 9.17) is 0 Å². The van der Waals surface area contributed by atoms with Gasteiger partial charge in [-0.1, -0.05) is 25.1 Å². The topological polar surface area (TPSA) is 6.48 Å². The predicted molar refractivity (Wildman–Crippen MR) is 83.8 cm³/mol. The van der Waals surface area contributed by atoms with E-state index in [0.29, 0.717) is 0 Å². The SMILES string of the molecule is CCN1CCCN(Cc2csc3ccccc23)CC1. The molecule has 102 valence electrons. The zero-order valence-corrected chi connectivity index (χ0v) is 12.5. The third-order valence-corrected chi connectivity index (χ3v) is 5.10. The van der Waals surface area contributed by atoms with Crippen LogP contribution in [-0.2, 0) is 6.54 Å². The minimum Gasteiger partial charge on any atom is -0.302 e. The summed E-state index contributed by atoms with van der Waals surface area (Å²) in [5, 5.41) is 3.79. The van der Waals surface area contributed by atoms with E-state index in [2.05, 4.69) is 46.4 Å². The predicted octanol–water partition coefficient (Wildman–Crippen LogP) is 3.43. The van der Waals surface area contributed by atoms with Gasteiger partial charge < -0.3 is 4.90 Å². The van der Waals surface area contributed by atoms with E-state index in [1.807, 2.05) is 11.3 Å². The number of likely N-dealkylation sites (N-methyl/N-ethyl adjacent to an activating group) is 1. The first-order valence-electron chi connectivity index (χ1n) is 7.26. The van der Waals surface area contributed by atoms with Gasteiger partial charge in [0.05, 0.1) is 0 Å². The maximum absolute atomic E-state index is 2.62. The monoisotopic (exact) mass is 274 g/mol. The minimum atomic E-state index is 1.11. The van der Waals surface area contributed by atoms with Crippen molar-refractivity contribution >= 4 is 21.4 Å². The highest BCUT2D eigenvalue weighted by Gasteiger charge is 2.15. The highest BCUT2D eigenvalue weighted by molar-refractivity contribution is 7.17. The van der Waals surface area contributed by atoms with Crippen LogP contribution < -0.4 is 0 Å². The Kier molecular flexibility index (Phi) is 4.16. The fraction of sp³-hybridized carbons (Fsp3) is 0.500. The van der Waals surface area contributed by atoms with Crippen LogP contribution in [0.3, 0.4) is 0 Å². The number of nitrogens with zero attached hydrogens (tertiary/aromatic N) is 2. The molecular formula is C16H22N2S. The largest absolute Gasteiger partial charge is 0.302 e. The molecular weight excluding hydrogens is 252 g/mol. The minimum absolute atomic E-state index is 1.11. The summed E-state index contributed by atoms with van der Waals surface area (Å²) in [5.41, 5.74) is 1.51. The molecule has 0 bridgehead atoms. The Bertz CT molecular complexity index is 534. The van der Waals surface area contributed by atoms with Crippen LogP contribution in [0.25, 0.3) is 10.1 Å². The van der Waals surface area contributed by atoms with E-state index in [1.54, 1.807) is 0 Å². The van der Waals surface area contributed by atoms with Crippen molar-refractivity contribution in [3.8, 4) is 0 Å². The summed E-state index contributed by atoms with van der Waals surface area (Å²) < 4.78 is 1.42. The third-order valence-electron chi connectivity index (χ3n) is 4.08. The number of thiophene rings is 1. The van der Waals surface area contributed by atoms with E-state index < -0.39 is 0 Å². The summed E-state index contributed by atoms with van der Waals surface area (Å²) in [6.07, 6.45) is 1.30. The Balaban J connectivity index is 1.71. The van der Waals surface area contributed by atoms with Crippen LogP contribution in [0.1, 0.15) is 18.9 Å². The van der Waals surface area contributed by atoms with E-state index in [9.17, 15) is 0 Å². The van der Waals surface area contributed by atoms with Gasteiger partial charge in [-0.25, -0.2) is 0 Å². The van der Waals surface area contributed by atoms with Crippen molar-refractivity contribution in [1.29, 1.82) is 0 Å². The van der Waals surface area contributed by atoms with Crippen LogP contribution in [0.2, 0.25) is 0 Å². The molecule has 0 amide bonds. The fourth-order valence-corrected chi connectivity index (χ4v) is 3.85. The lowest BCUT2D eigenvalue weighted by Crippen LogP contribution is -2.30. The van der Waals surface area contributed by atoms with Gasteiger partial charge in [0, 0.05) is 24.3 Å². The van der Waals surface area contributed by atoms with Gasteiger partial charge in [0.1, 0.15) is 0 Å². The summed E-state index contributed by atoms with van der Waals surface area (Å²) >= 11 is 1.88. The van der Waals surface area contributed by atoms with Gasteiger partial charge in [-0.3, -0.25) is 4.90 Å². The molecule has 19 heavy (non-hydrogen) atoms. The van der Waals surface area contributed by atoms with Crippen molar-refractivity contribution in [2.24, 2.45) is 0 Å². The van der Waals surface area contributed by atoms with Crippen LogP contribution >= 0.6 is 11.3 Å². The standard InChI is InChI=1S/C16H22N2S/c1-2-17-8-5-9-18(11-10-17)12-14-13-19-16-7-4-3-6-15(14)16/h3-4,6-7,13H,2,5,8-12H2,1H3. The molecule has 3 heteroatoms. The zero-order chi connectivity index (χ0) is 13.1. The molecule has 2 nitrogen and oxygen atoms in total. The molecule has 0 atom stereocenters. The van der Waals surface area contributed by atoms with E-state index in [-0.39, 0.29) is 0 Å². The molecule has 0 N–H and O–H groups in total. The zero-order valence-electron chi connectivity index (χ0n) is 11.6. The van der Waals surface area contributed by atoms with Crippen LogP contribution in [0.15, 0.2) is 29.6 Å². The van der Waals surface area contributed by atoms with Crippen molar-refractivity contribution in [1.82, 2.24) is 9.80 Å². The van der Waals surface area contributed by atoms with Gasteiger partial charge in [-0.15, -0.1) is 11.3 Å². The third kappa shape index (κ3) is 2.99. The van der Waals surface area contributed by atoms with Gasteiger partial charge in [0.2, 0.25) is 0 Å². The summed E-state index contributed by atoms with van der Waals surface area (Å²) in [4.78, 5) is 5.18. The molecule has 1 aromatic carbocycles. The molecule has 3 rings (SSSR count). The van der Waals surface area contributed by atoms with Crippen molar-refractivity contribution < 1.29 is 0 Å². The van der Waals surface area contributed by atoms with E-state index in [1.165, 1.54) is 54.8 Å². The van der Waals surface area contributed by atoms with Crippen LogP contribution in [0.5, 0.6) is 0 Å². The number of benzene rings is 1. The number of hydrogen-bond donors (Lipinski definition) is 0. The van der Waals surface area contributed by atoms with Crippen molar-refractivity contribution in [3.05, 3.63) is 35.2 Å². The molecule has 1 aliphatic heterocycles. The van der Waals surface area contributed by atoms with Crippen molar-refractivity contribution in [3.63, 3.8) is 0 Å². The Hall–Kier alpha value is -0.900. The lowest BCUT2D eigenvalue weighted by atomic mass is 10.1. The lowest BCUT2D eigenvalue weighted by molar-refractivity contribution is 0.258. The second-order valence-corrected chi connectivity index (χ2v) is 6.23. The molecule has 1 aromatic heterocycles. The Morgan fingerprint density at radius 2 is 1.84 bits per heavy atom. The summed E-state index contributed by atoms with van der Waals surface area (Å²) in [6, 6.07) is 8.77. The smallest absolute Gasteiger partial charge is 0.0346 e. The quantitative estimate of drug-likeness (QED) is 0.846. The first-order valence-corrected chi connectivity index (χ1v) is 8.14. The van der Waals surface area contributed by atoms with E-state index in [0.717, 1.165) is 6.54 Å². The molecule has 0 unspecified atom stereocenters. The second kappa shape index (κ2) is 6.04. The highest BCUT2D eigenvalue weighted by Crippen LogP contribution is 2.26. The molecule has 1 aliphatic rings. The Labute approximate surface area is 119 Å². The van der Waals surface area contributed by atoms with Crippen LogP contribution in [0.4, 0.5) is 0 Å². The first kappa shape index (κ1) is 13.1. The van der Waals surface area contributed by atoms with E-state index >= 15 is 0 Å². The molecule has 0 spiro atoms. The number of rotatable bonds is 3. The summed E-state index contributed by atoms with van der Waals surface area (Å²) in [7, 11) is 0. The summed E-state index contributed by atoms with van der Waals surface area (Å²) in [6.45, 7) is 9.49. The van der Waals surface area contributed by atoms with Gasteiger partial charge >= 0.3 is 0 Å². The fourth-order valence-electron chi connectivity index (χ4n) is 2.89. The molecule has 1 saturated heterocycles. The molecule has 0 aliphatic carbocycles. The molecule has 2 heterocycles.